The maximum Gasteiger partial charge on any atom is 0.523 e. The van der Waals surface area contributed by atoms with Gasteiger partial charge in [-0.1, -0.05) is 32.0 Å². The van der Waals surface area contributed by atoms with E-state index < -0.39 is 19.7 Å². The molecular weight excluding hydrogens is 256 g/mol. The molecule has 0 aliphatic heterocycles. The zero-order valence-corrected chi connectivity index (χ0v) is 12.3. The van der Waals surface area contributed by atoms with E-state index in [0.717, 1.165) is 5.56 Å². The smallest absolute Gasteiger partial charge is 0.523 e. The van der Waals surface area contributed by atoms with Gasteiger partial charge in [0.05, 0.1) is 0 Å². The Morgan fingerprint density at radius 1 is 1.15 bits per heavy atom. The van der Waals surface area contributed by atoms with Crippen LogP contribution in [0.4, 0.5) is 0 Å². The molecule has 7 heteroatoms. The number of nitrogens with one attached hydrogen (secondary N) is 1. The van der Waals surface area contributed by atoms with Crippen LogP contribution in [0.1, 0.15) is 19.4 Å². The number of hydrogen-bond acceptors (Lipinski definition) is 5. The third-order valence-electron chi connectivity index (χ3n) is 3.07. The van der Waals surface area contributed by atoms with Crippen LogP contribution in [-0.2, 0) is 6.54 Å². The van der Waals surface area contributed by atoms with Crippen LogP contribution in [0.2, 0.25) is 12.6 Å². The molecule has 0 saturated carbocycles. The lowest BCUT2D eigenvalue weighted by molar-refractivity contribution is 0.328. The molecule has 4 N–H and O–H groups in total. The third-order valence-corrected chi connectivity index (χ3v) is 3.07. The van der Waals surface area contributed by atoms with Gasteiger partial charge in [0.25, 0.3) is 0 Å². The summed E-state index contributed by atoms with van der Waals surface area (Å²) in [7, 11) is -0.519. The second-order valence-corrected chi connectivity index (χ2v) is 5.76. The minimum atomic E-state index is -1.38. The van der Waals surface area contributed by atoms with Gasteiger partial charge < -0.3 is 25.0 Å². The summed E-state index contributed by atoms with van der Waals surface area (Å²) < 4.78 is 5.57. The van der Waals surface area contributed by atoms with Crippen molar-refractivity contribution in [1.82, 2.24) is 5.32 Å². The molecule has 0 aliphatic rings. The average Bonchev–Trinajstić information content (AvgIpc) is 2.29. The average molecular weight is 279 g/mol. The number of para-hydroxylation sites is 1. The van der Waals surface area contributed by atoms with Crippen molar-refractivity contribution in [1.29, 1.82) is 0 Å². The van der Waals surface area contributed by atoms with Crippen molar-refractivity contribution in [2.24, 2.45) is 5.41 Å². The van der Waals surface area contributed by atoms with Crippen molar-refractivity contribution < 1.29 is 19.7 Å². The first-order valence-corrected chi connectivity index (χ1v) is 6.77. The van der Waals surface area contributed by atoms with E-state index in [9.17, 15) is 5.02 Å². The molecule has 0 unspecified atom stereocenters. The first-order chi connectivity index (χ1) is 9.34. The Labute approximate surface area is 121 Å². The molecule has 0 bridgehead atoms. The van der Waals surface area contributed by atoms with Crippen LogP contribution >= 0.6 is 0 Å². The van der Waals surface area contributed by atoms with Crippen LogP contribution in [0.3, 0.4) is 0 Å². The Hall–Kier alpha value is -1.01. The highest BCUT2D eigenvalue weighted by molar-refractivity contribution is 6.45. The van der Waals surface area contributed by atoms with Gasteiger partial charge in [-0.05, 0) is 24.8 Å². The predicted octanol–water partition coefficient (Wildman–Crippen LogP) is 0.764. The molecule has 1 aromatic rings. The molecule has 0 spiro atoms. The molecule has 0 heterocycles. The molecule has 1 aromatic carbocycles. The first-order valence-electron chi connectivity index (χ1n) is 6.77. The first kappa shape index (κ1) is 17.0. The van der Waals surface area contributed by atoms with Gasteiger partial charge in [0.2, 0.25) is 0 Å². The third kappa shape index (κ3) is 5.96. The Bertz CT molecular complexity index is 415. The van der Waals surface area contributed by atoms with Gasteiger partial charge in [-0.3, -0.25) is 0 Å². The van der Waals surface area contributed by atoms with Crippen LogP contribution in [-0.4, -0.2) is 36.4 Å². The van der Waals surface area contributed by atoms with Crippen LogP contribution in [0.25, 0.3) is 0 Å². The topological polar surface area (TPSA) is 82.0 Å². The summed E-state index contributed by atoms with van der Waals surface area (Å²) in [5.74, 6) is 0.634. The summed E-state index contributed by atoms with van der Waals surface area (Å²) in [6.07, 6.45) is 0.504. The Morgan fingerprint density at radius 2 is 1.80 bits per heavy atom. The molecular formula is C13H23B2NO4. The molecule has 0 fully saturated rings. The lowest BCUT2D eigenvalue weighted by Crippen LogP contribution is -2.32. The quantitative estimate of drug-likeness (QED) is 0.528. The Balaban J connectivity index is 2.64. The van der Waals surface area contributed by atoms with Crippen molar-refractivity contribution >= 4 is 14.2 Å². The fourth-order valence-electron chi connectivity index (χ4n) is 2.19. The monoisotopic (exact) mass is 279 g/mol. The van der Waals surface area contributed by atoms with Gasteiger partial charge in [0.15, 0.2) is 0 Å². The Kier molecular flexibility index (Phi) is 6.55. The molecule has 110 valence electrons. The normalized spacial score (nSPS) is 11.3. The highest BCUT2D eigenvalue weighted by Gasteiger charge is 2.32. The predicted molar refractivity (Wildman–Crippen MR) is 81.4 cm³/mol. The van der Waals surface area contributed by atoms with Crippen molar-refractivity contribution in [2.45, 2.75) is 33.0 Å². The van der Waals surface area contributed by atoms with Crippen molar-refractivity contribution in [3.05, 3.63) is 29.8 Å². The van der Waals surface area contributed by atoms with Gasteiger partial charge in [0.1, 0.15) is 5.75 Å². The van der Waals surface area contributed by atoms with Crippen molar-refractivity contribution in [3.8, 4) is 5.75 Å². The highest BCUT2D eigenvalue weighted by atomic mass is 16.5. The molecule has 0 aliphatic carbocycles. The van der Waals surface area contributed by atoms with E-state index in [-0.39, 0.29) is 6.32 Å². The molecule has 0 radical (unpaired) electrons. The number of hydrogen-bond donors (Lipinski definition) is 4. The maximum atomic E-state index is 10.0. The largest absolute Gasteiger partial charge is 0.536 e. The zero-order valence-electron chi connectivity index (χ0n) is 12.3. The SMILES string of the molecule is CNCc1ccccc1OB(O)CC(C)(C)CB(O)O. The maximum absolute atomic E-state index is 10.0. The molecule has 0 aromatic heterocycles. The lowest BCUT2D eigenvalue weighted by Gasteiger charge is -2.25. The van der Waals surface area contributed by atoms with Gasteiger partial charge in [0, 0.05) is 18.4 Å². The van der Waals surface area contributed by atoms with Gasteiger partial charge in [-0.15, -0.1) is 0 Å². The second-order valence-electron chi connectivity index (χ2n) is 5.76. The molecule has 5 nitrogen and oxygen atoms in total. The van der Waals surface area contributed by atoms with Crippen molar-refractivity contribution in [2.75, 3.05) is 7.05 Å². The molecule has 1 rings (SSSR count). The van der Waals surface area contributed by atoms with Crippen molar-refractivity contribution in [3.63, 3.8) is 0 Å². The van der Waals surface area contributed by atoms with Crippen LogP contribution < -0.4 is 9.97 Å². The summed E-state index contributed by atoms with van der Waals surface area (Å²) in [6, 6.07) is 7.51. The van der Waals surface area contributed by atoms with Gasteiger partial charge in [-0.2, -0.15) is 0 Å². The number of benzene rings is 1. The lowest BCUT2D eigenvalue weighted by atomic mass is 9.61. The number of rotatable bonds is 8. The fraction of sp³-hybridized carbons (Fsp3) is 0.538. The van der Waals surface area contributed by atoms with E-state index in [4.69, 9.17) is 14.7 Å². The van der Waals surface area contributed by atoms with Gasteiger partial charge >= 0.3 is 14.2 Å². The molecule has 20 heavy (non-hydrogen) atoms. The van der Waals surface area contributed by atoms with E-state index in [0.29, 0.717) is 18.6 Å². The summed E-state index contributed by atoms with van der Waals surface area (Å²) >= 11 is 0. The summed E-state index contributed by atoms with van der Waals surface area (Å²) in [5.41, 5.74) is 0.542. The summed E-state index contributed by atoms with van der Waals surface area (Å²) in [4.78, 5) is 0. The zero-order chi connectivity index (χ0) is 15.2. The van der Waals surface area contributed by atoms with E-state index in [2.05, 4.69) is 5.32 Å². The summed E-state index contributed by atoms with van der Waals surface area (Å²) in [6.45, 7) is 4.37. The fourth-order valence-corrected chi connectivity index (χ4v) is 2.19. The Morgan fingerprint density at radius 3 is 2.40 bits per heavy atom. The highest BCUT2D eigenvalue weighted by Crippen LogP contribution is 2.29. The summed E-state index contributed by atoms with van der Waals surface area (Å²) in [5, 5.41) is 31.1. The minimum Gasteiger partial charge on any atom is -0.536 e. The molecule has 0 amide bonds. The standard InChI is InChI=1S/C13H23B2NO4/c1-13(2,9-14(17)18)10-15(19)20-12-7-5-4-6-11(12)8-16-3/h4-7,16-19H,8-10H2,1-3H3. The van der Waals surface area contributed by atoms with Crippen LogP contribution in [0.15, 0.2) is 24.3 Å². The van der Waals surface area contributed by atoms with Gasteiger partial charge in [-0.25, -0.2) is 0 Å². The van der Waals surface area contributed by atoms with E-state index in [1.807, 2.05) is 45.2 Å². The van der Waals surface area contributed by atoms with E-state index in [1.54, 1.807) is 0 Å². The molecule has 0 atom stereocenters. The second kappa shape index (κ2) is 7.69. The van der Waals surface area contributed by atoms with E-state index in [1.165, 1.54) is 0 Å². The minimum absolute atomic E-state index is 0.186. The van der Waals surface area contributed by atoms with E-state index >= 15 is 0 Å². The van der Waals surface area contributed by atoms with Crippen LogP contribution in [0.5, 0.6) is 5.75 Å². The molecule has 0 saturated heterocycles. The van der Waals surface area contributed by atoms with Crippen LogP contribution in [0, 0.1) is 5.41 Å².